The lowest BCUT2D eigenvalue weighted by molar-refractivity contribution is 0.466. The minimum Gasteiger partial charge on any atom is -0.249 e. The van der Waals surface area contributed by atoms with E-state index in [1.54, 1.807) is 0 Å². The van der Waals surface area contributed by atoms with Gasteiger partial charge in [-0.05, 0) is 6.92 Å². The SMILES string of the molecule is CC(P(=O)(F)F)P(=O)(F)F. The molecule has 0 aliphatic carbocycles. The highest BCUT2D eigenvalue weighted by Crippen LogP contribution is 2.71. The fourth-order valence-electron chi connectivity index (χ4n) is 0.156. The average Bonchev–Trinajstić information content (AvgIpc) is 1.59. The molecule has 0 unspecified atom stereocenters. The summed E-state index contributed by atoms with van der Waals surface area (Å²) in [5.74, 6) is 0. The molecule has 0 aliphatic heterocycles. The van der Waals surface area contributed by atoms with E-state index in [0.717, 1.165) is 0 Å². The second-order valence-corrected chi connectivity index (χ2v) is 5.60. The van der Waals surface area contributed by atoms with Crippen molar-refractivity contribution in [1.29, 1.82) is 0 Å². The number of halogens is 4. The van der Waals surface area contributed by atoms with E-state index in [1.807, 2.05) is 0 Å². The zero-order valence-electron chi connectivity index (χ0n) is 4.80. The number of rotatable bonds is 2. The van der Waals surface area contributed by atoms with Crippen molar-refractivity contribution in [2.75, 3.05) is 0 Å². The van der Waals surface area contributed by atoms with Crippen molar-refractivity contribution in [1.82, 2.24) is 0 Å². The van der Waals surface area contributed by atoms with Crippen LogP contribution >= 0.6 is 15.5 Å². The van der Waals surface area contributed by atoms with Gasteiger partial charge in [0.2, 0.25) is 0 Å². The van der Waals surface area contributed by atoms with E-state index in [4.69, 9.17) is 0 Å². The highest BCUT2D eigenvalue weighted by atomic mass is 31.3. The Morgan fingerprint density at radius 1 is 1.00 bits per heavy atom. The first-order chi connectivity index (χ1) is 4.15. The molecule has 0 atom stereocenters. The Balaban J connectivity index is 4.56. The second kappa shape index (κ2) is 2.67. The van der Waals surface area contributed by atoms with E-state index in [9.17, 15) is 25.9 Å². The van der Waals surface area contributed by atoms with Crippen molar-refractivity contribution >= 4 is 15.5 Å². The number of hydrogen-bond acceptors (Lipinski definition) is 2. The maximum absolute atomic E-state index is 11.5. The summed E-state index contributed by atoms with van der Waals surface area (Å²) in [7, 11) is -11.8. The van der Waals surface area contributed by atoms with Gasteiger partial charge < -0.3 is 0 Å². The predicted molar refractivity (Wildman–Crippen MR) is 29.1 cm³/mol. The Morgan fingerprint density at radius 2 is 1.20 bits per heavy atom. The third kappa shape index (κ3) is 2.84. The molecule has 0 fully saturated rings. The molecule has 62 valence electrons. The lowest BCUT2D eigenvalue weighted by Crippen LogP contribution is -1.91. The zero-order valence-corrected chi connectivity index (χ0v) is 6.59. The minimum atomic E-state index is -5.89. The molecule has 0 aromatic rings. The van der Waals surface area contributed by atoms with Crippen molar-refractivity contribution in [2.24, 2.45) is 0 Å². The van der Waals surface area contributed by atoms with E-state index in [-0.39, 0.29) is 0 Å². The maximum Gasteiger partial charge on any atom is 0.417 e. The summed E-state index contributed by atoms with van der Waals surface area (Å²) < 4.78 is 65.2. The first-order valence-corrected chi connectivity index (χ1v) is 5.25. The molecule has 0 saturated carbocycles. The Morgan fingerprint density at radius 3 is 1.20 bits per heavy atom. The first kappa shape index (κ1) is 10.2. The minimum absolute atomic E-state index is 0.307. The van der Waals surface area contributed by atoms with E-state index >= 15 is 0 Å². The lowest BCUT2D eigenvalue weighted by Gasteiger charge is -2.06. The largest absolute Gasteiger partial charge is 0.417 e. The molecule has 8 heteroatoms. The van der Waals surface area contributed by atoms with Crippen molar-refractivity contribution in [3.05, 3.63) is 0 Å². The third-order valence-electron chi connectivity index (χ3n) is 0.870. The maximum atomic E-state index is 11.5. The lowest BCUT2D eigenvalue weighted by atomic mass is 11.0. The molecular weight excluding hydrogens is 194 g/mol. The van der Waals surface area contributed by atoms with Gasteiger partial charge >= 0.3 is 15.5 Å². The summed E-state index contributed by atoms with van der Waals surface area (Å²) in [5, 5.41) is -2.79. The van der Waals surface area contributed by atoms with E-state index in [2.05, 4.69) is 0 Å². The van der Waals surface area contributed by atoms with Gasteiger partial charge in [-0.3, -0.25) is 0 Å². The molecular formula is C2H4F4O2P2. The van der Waals surface area contributed by atoms with Crippen LogP contribution in [-0.4, -0.2) is 5.40 Å². The Kier molecular flexibility index (Phi) is 2.71. The van der Waals surface area contributed by atoms with Crippen LogP contribution < -0.4 is 0 Å². The molecule has 0 amide bonds. The molecule has 0 N–H and O–H groups in total. The van der Waals surface area contributed by atoms with Gasteiger partial charge in [-0.2, -0.15) is 16.8 Å². The Bertz CT molecular complexity index is 181. The van der Waals surface area contributed by atoms with Crippen molar-refractivity contribution in [3.63, 3.8) is 0 Å². The zero-order chi connectivity index (χ0) is 8.58. The van der Waals surface area contributed by atoms with Crippen LogP contribution in [0.4, 0.5) is 16.8 Å². The monoisotopic (exact) mass is 198 g/mol. The Hall–Kier alpha value is 0.180. The van der Waals surface area contributed by atoms with E-state index in [1.165, 1.54) is 0 Å². The molecule has 0 aromatic heterocycles. The number of hydrogen-bond donors (Lipinski definition) is 0. The molecule has 0 aromatic carbocycles. The fraction of sp³-hybridized carbons (Fsp3) is 1.00. The van der Waals surface area contributed by atoms with E-state index < -0.39 is 20.9 Å². The van der Waals surface area contributed by atoms with Crippen LogP contribution in [0.3, 0.4) is 0 Å². The second-order valence-electron chi connectivity index (χ2n) is 1.64. The highest BCUT2D eigenvalue weighted by Gasteiger charge is 2.45. The molecule has 0 spiro atoms. The average molecular weight is 198 g/mol. The molecule has 0 radical (unpaired) electrons. The van der Waals surface area contributed by atoms with Gasteiger partial charge in [0.25, 0.3) is 0 Å². The Labute approximate surface area is 54.8 Å². The summed E-state index contributed by atoms with van der Waals surface area (Å²) in [4.78, 5) is 0. The molecule has 10 heavy (non-hydrogen) atoms. The first-order valence-electron chi connectivity index (χ1n) is 2.14. The topological polar surface area (TPSA) is 34.1 Å². The van der Waals surface area contributed by atoms with Crippen molar-refractivity contribution in [3.8, 4) is 0 Å². The van der Waals surface area contributed by atoms with Gasteiger partial charge in [0.05, 0.1) is 0 Å². The quantitative estimate of drug-likeness (QED) is 0.501. The van der Waals surface area contributed by atoms with Gasteiger partial charge in [0.15, 0.2) is 5.40 Å². The van der Waals surface area contributed by atoms with E-state index in [0.29, 0.717) is 6.92 Å². The predicted octanol–water partition coefficient (Wildman–Crippen LogP) is 3.60. The van der Waals surface area contributed by atoms with Gasteiger partial charge in [0, 0.05) is 0 Å². The molecule has 0 aliphatic rings. The van der Waals surface area contributed by atoms with Crippen LogP contribution in [0.5, 0.6) is 0 Å². The van der Waals surface area contributed by atoms with Crippen LogP contribution in [0.1, 0.15) is 6.92 Å². The van der Waals surface area contributed by atoms with Crippen LogP contribution in [0.25, 0.3) is 0 Å². The standard InChI is InChI=1S/C2H4F4O2P2/c1-2(9(3,4)7)10(5,6)8/h2H,1H3. The van der Waals surface area contributed by atoms with Gasteiger partial charge in [-0.25, -0.2) is 9.13 Å². The van der Waals surface area contributed by atoms with Gasteiger partial charge in [-0.1, -0.05) is 0 Å². The normalized spacial score (nSPS) is 14.2. The van der Waals surface area contributed by atoms with Gasteiger partial charge in [-0.15, -0.1) is 0 Å². The molecule has 0 saturated heterocycles. The van der Waals surface area contributed by atoms with Crippen LogP contribution in [0.2, 0.25) is 0 Å². The fourth-order valence-corrected chi connectivity index (χ4v) is 1.41. The summed E-state index contributed by atoms with van der Waals surface area (Å²) in [5.41, 5.74) is 0. The molecule has 0 rings (SSSR count). The summed E-state index contributed by atoms with van der Waals surface area (Å²) in [6.07, 6.45) is 0. The van der Waals surface area contributed by atoms with Crippen molar-refractivity contribution < 1.29 is 25.9 Å². The van der Waals surface area contributed by atoms with Crippen LogP contribution in [-0.2, 0) is 9.13 Å². The summed E-state index contributed by atoms with van der Waals surface area (Å²) in [6, 6.07) is 0. The van der Waals surface area contributed by atoms with Crippen LogP contribution in [0, 0.1) is 0 Å². The smallest absolute Gasteiger partial charge is 0.249 e. The third-order valence-corrected chi connectivity index (χ3v) is 4.22. The molecule has 2 nitrogen and oxygen atoms in total. The molecule has 0 heterocycles. The summed E-state index contributed by atoms with van der Waals surface area (Å²) in [6.45, 7) is 0.307. The van der Waals surface area contributed by atoms with Gasteiger partial charge in [0.1, 0.15) is 0 Å². The van der Waals surface area contributed by atoms with Crippen molar-refractivity contribution in [2.45, 2.75) is 12.3 Å². The summed E-state index contributed by atoms with van der Waals surface area (Å²) >= 11 is 0. The molecule has 0 bridgehead atoms. The van der Waals surface area contributed by atoms with Crippen LogP contribution in [0.15, 0.2) is 0 Å². The highest BCUT2D eigenvalue weighted by molar-refractivity contribution is 7.71.